The summed E-state index contributed by atoms with van der Waals surface area (Å²) in [5.41, 5.74) is 1.52. The second-order valence-corrected chi connectivity index (χ2v) is 7.67. The number of rotatable bonds is 6. The quantitative estimate of drug-likeness (QED) is 0.524. The van der Waals surface area contributed by atoms with Gasteiger partial charge in [-0.15, -0.1) is 0 Å². The van der Waals surface area contributed by atoms with Gasteiger partial charge in [-0.05, 0) is 42.1 Å². The number of hydrogen-bond donors (Lipinski definition) is 0. The van der Waals surface area contributed by atoms with Crippen LogP contribution in [0.4, 0.5) is 0 Å². The first kappa shape index (κ1) is 16.6. The Bertz CT molecular complexity index is 370. The molecule has 0 nitrogen and oxygen atoms in total. The number of benzene rings is 1. The van der Waals surface area contributed by atoms with Crippen LogP contribution in [0, 0.1) is 23.7 Å². The molecule has 1 saturated carbocycles. The third-order valence-corrected chi connectivity index (χ3v) is 5.58. The summed E-state index contributed by atoms with van der Waals surface area (Å²) in [7, 11) is 0. The highest BCUT2D eigenvalue weighted by molar-refractivity contribution is 5.15. The highest BCUT2D eigenvalue weighted by Gasteiger charge is 2.24. The highest BCUT2D eigenvalue weighted by Crippen LogP contribution is 2.34. The molecule has 0 spiro atoms. The zero-order valence-corrected chi connectivity index (χ0v) is 14.4. The molecule has 0 aromatic heterocycles. The second-order valence-electron chi connectivity index (χ2n) is 7.67. The average Bonchev–Trinajstić information content (AvgIpc) is 2.74. The van der Waals surface area contributed by atoms with Gasteiger partial charge in [0.1, 0.15) is 0 Å². The molecule has 1 aromatic carbocycles. The van der Waals surface area contributed by atoms with Gasteiger partial charge < -0.3 is 0 Å². The van der Waals surface area contributed by atoms with Crippen LogP contribution in [-0.4, -0.2) is 0 Å². The summed E-state index contributed by atoms with van der Waals surface area (Å²) in [6.45, 7) is 7.34. The molecule has 0 amide bonds. The Labute approximate surface area is 132 Å². The summed E-state index contributed by atoms with van der Waals surface area (Å²) in [5, 5.41) is 0. The van der Waals surface area contributed by atoms with Gasteiger partial charge in [0.15, 0.2) is 0 Å². The third kappa shape index (κ3) is 5.49. The summed E-state index contributed by atoms with van der Waals surface area (Å²) in [4.78, 5) is 0. The topological polar surface area (TPSA) is 0 Å². The normalized spacial score (nSPS) is 20.2. The zero-order valence-electron chi connectivity index (χ0n) is 14.4. The van der Waals surface area contributed by atoms with E-state index in [4.69, 9.17) is 0 Å². The van der Waals surface area contributed by atoms with Crippen LogP contribution in [-0.2, 0) is 6.42 Å². The van der Waals surface area contributed by atoms with Crippen molar-refractivity contribution in [2.75, 3.05) is 0 Å². The van der Waals surface area contributed by atoms with E-state index in [1.165, 1.54) is 56.9 Å². The molecule has 0 saturated heterocycles. The van der Waals surface area contributed by atoms with E-state index in [-0.39, 0.29) is 0 Å². The lowest BCUT2D eigenvalue weighted by Gasteiger charge is -2.30. The standard InChI is InChI=1S/C21H34/c1-17(2)21(16-20-13-9-6-10-14-20)18(3)15-19-11-7-4-5-8-12-19/h6,9-10,13-14,17-19,21H,4-5,7-8,11-12,15-16H2,1-3H3. The third-order valence-electron chi connectivity index (χ3n) is 5.58. The maximum Gasteiger partial charge on any atom is -0.0245 e. The Morgan fingerprint density at radius 3 is 2.10 bits per heavy atom. The van der Waals surface area contributed by atoms with Crippen molar-refractivity contribution in [3.05, 3.63) is 35.9 Å². The minimum absolute atomic E-state index is 0.783. The monoisotopic (exact) mass is 286 g/mol. The Morgan fingerprint density at radius 1 is 0.905 bits per heavy atom. The van der Waals surface area contributed by atoms with Gasteiger partial charge in [-0.25, -0.2) is 0 Å². The lowest BCUT2D eigenvalue weighted by atomic mass is 9.75. The van der Waals surface area contributed by atoms with E-state index in [9.17, 15) is 0 Å². The van der Waals surface area contributed by atoms with Crippen LogP contribution >= 0.6 is 0 Å². The van der Waals surface area contributed by atoms with E-state index in [1.54, 1.807) is 0 Å². The molecule has 1 aliphatic carbocycles. The summed E-state index contributed by atoms with van der Waals surface area (Å²) in [6.07, 6.45) is 11.6. The van der Waals surface area contributed by atoms with Crippen molar-refractivity contribution in [3.63, 3.8) is 0 Å². The largest absolute Gasteiger partial charge is 0.0625 e. The first-order chi connectivity index (χ1) is 10.2. The average molecular weight is 287 g/mol. The van der Waals surface area contributed by atoms with Crippen LogP contribution in [0.5, 0.6) is 0 Å². The highest BCUT2D eigenvalue weighted by atomic mass is 14.3. The van der Waals surface area contributed by atoms with Crippen LogP contribution in [0.2, 0.25) is 0 Å². The Kier molecular flexibility index (Phi) is 6.80. The molecule has 1 fully saturated rings. The maximum atomic E-state index is 2.51. The van der Waals surface area contributed by atoms with Gasteiger partial charge in [-0.1, -0.05) is 89.6 Å². The van der Waals surface area contributed by atoms with Crippen molar-refractivity contribution in [3.8, 4) is 0 Å². The Morgan fingerprint density at radius 2 is 1.52 bits per heavy atom. The van der Waals surface area contributed by atoms with Crippen molar-refractivity contribution in [1.29, 1.82) is 0 Å². The first-order valence-electron chi connectivity index (χ1n) is 9.20. The summed E-state index contributed by atoms with van der Waals surface area (Å²) in [5.74, 6) is 3.47. The SMILES string of the molecule is CC(C)C(Cc1ccccc1)C(C)CC1CCCCCC1. The van der Waals surface area contributed by atoms with Gasteiger partial charge in [0.25, 0.3) is 0 Å². The summed E-state index contributed by atoms with van der Waals surface area (Å²) < 4.78 is 0. The molecule has 1 aliphatic rings. The Hall–Kier alpha value is -0.780. The lowest BCUT2D eigenvalue weighted by molar-refractivity contribution is 0.217. The molecule has 0 aliphatic heterocycles. The maximum absolute atomic E-state index is 2.51. The van der Waals surface area contributed by atoms with Gasteiger partial charge in [0.2, 0.25) is 0 Å². The van der Waals surface area contributed by atoms with Gasteiger partial charge in [0, 0.05) is 0 Å². The summed E-state index contributed by atoms with van der Waals surface area (Å²) >= 11 is 0. The van der Waals surface area contributed by atoms with Crippen molar-refractivity contribution >= 4 is 0 Å². The van der Waals surface area contributed by atoms with Crippen molar-refractivity contribution in [2.45, 2.75) is 72.1 Å². The smallest absolute Gasteiger partial charge is 0.0245 e. The van der Waals surface area contributed by atoms with Crippen LogP contribution in [0.1, 0.15) is 71.3 Å². The van der Waals surface area contributed by atoms with Crippen LogP contribution in [0.25, 0.3) is 0 Å². The molecule has 0 radical (unpaired) electrons. The molecule has 0 bridgehead atoms. The van der Waals surface area contributed by atoms with E-state index in [2.05, 4.69) is 51.1 Å². The fourth-order valence-electron chi connectivity index (χ4n) is 4.28. The van der Waals surface area contributed by atoms with E-state index in [0.29, 0.717) is 0 Å². The Balaban J connectivity index is 1.93. The molecule has 0 heterocycles. The fraction of sp³-hybridized carbons (Fsp3) is 0.714. The molecule has 0 N–H and O–H groups in total. The van der Waals surface area contributed by atoms with Crippen LogP contribution in [0.3, 0.4) is 0 Å². The van der Waals surface area contributed by atoms with Gasteiger partial charge in [-0.3, -0.25) is 0 Å². The van der Waals surface area contributed by atoms with Crippen LogP contribution in [0.15, 0.2) is 30.3 Å². The first-order valence-corrected chi connectivity index (χ1v) is 9.20. The van der Waals surface area contributed by atoms with Gasteiger partial charge in [0.05, 0.1) is 0 Å². The zero-order chi connectivity index (χ0) is 15.1. The molecule has 0 heteroatoms. The van der Waals surface area contributed by atoms with Gasteiger partial charge >= 0.3 is 0 Å². The predicted molar refractivity (Wildman–Crippen MR) is 93.4 cm³/mol. The number of hydrogen-bond acceptors (Lipinski definition) is 0. The predicted octanol–water partition coefficient (Wildman–Crippen LogP) is 6.50. The fourth-order valence-corrected chi connectivity index (χ4v) is 4.28. The second kappa shape index (κ2) is 8.61. The molecule has 118 valence electrons. The molecule has 1 aromatic rings. The molecule has 2 rings (SSSR count). The van der Waals surface area contributed by atoms with Crippen molar-refractivity contribution in [2.24, 2.45) is 23.7 Å². The molecular formula is C21H34. The molecular weight excluding hydrogens is 252 g/mol. The van der Waals surface area contributed by atoms with Crippen molar-refractivity contribution < 1.29 is 0 Å². The van der Waals surface area contributed by atoms with E-state index < -0.39 is 0 Å². The summed E-state index contributed by atoms with van der Waals surface area (Å²) in [6, 6.07) is 11.1. The van der Waals surface area contributed by atoms with Crippen LogP contribution < -0.4 is 0 Å². The van der Waals surface area contributed by atoms with Crippen molar-refractivity contribution in [1.82, 2.24) is 0 Å². The van der Waals surface area contributed by atoms with E-state index in [0.717, 1.165) is 23.7 Å². The van der Waals surface area contributed by atoms with Gasteiger partial charge in [-0.2, -0.15) is 0 Å². The minimum atomic E-state index is 0.783. The molecule has 2 atom stereocenters. The lowest BCUT2D eigenvalue weighted by Crippen LogP contribution is -2.23. The minimum Gasteiger partial charge on any atom is -0.0625 e. The molecule has 21 heavy (non-hydrogen) atoms. The van der Waals surface area contributed by atoms with E-state index >= 15 is 0 Å². The van der Waals surface area contributed by atoms with E-state index in [1.807, 2.05) is 0 Å². The molecule has 2 unspecified atom stereocenters.